The summed E-state index contributed by atoms with van der Waals surface area (Å²) >= 11 is 1.72. The molecule has 0 radical (unpaired) electrons. The summed E-state index contributed by atoms with van der Waals surface area (Å²) in [7, 11) is 0. The zero-order valence-electron chi connectivity index (χ0n) is 34.3. The highest BCUT2D eigenvalue weighted by molar-refractivity contribution is 7.25. The third-order valence-electron chi connectivity index (χ3n) is 13.2. The van der Waals surface area contributed by atoms with E-state index in [4.69, 9.17) is 15.0 Å². The van der Waals surface area contributed by atoms with Gasteiger partial charge in [-0.3, -0.25) is 0 Å². The monoisotopic (exact) mass is 830 g/mol. The van der Waals surface area contributed by atoms with Crippen molar-refractivity contribution in [1.82, 2.24) is 15.0 Å². The number of nitrogens with zero attached hydrogens (tertiary/aromatic N) is 4. The van der Waals surface area contributed by atoms with Crippen LogP contribution in [0.15, 0.2) is 206 Å². The van der Waals surface area contributed by atoms with E-state index in [1.807, 2.05) is 48.5 Å². The van der Waals surface area contributed by atoms with Crippen molar-refractivity contribution < 1.29 is 0 Å². The molecule has 0 N–H and O–H groups in total. The Kier molecular flexibility index (Phi) is 8.02. The molecule has 0 saturated heterocycles. The van der Waals surface area contributed by atoms with Gasteiger partial charge in [0.25, 0.3) is 0 Å². The van der Waals surface area contributed by atoms with Crippen LogP contribution in [0.5, 0.6) is 0 Å². The highest BCUT2D eigenvalue weighted by Crippen LogP contribution is 2.64. The predicted molar refractivity (Wildman–Crippen MR) is 261 cm³/mol. The first-order valence-corrected chi connectivity index (χ1v) is 22.3. The third-order valence-corrected chi connectivity index (χ3v) is 14.3. The number of benzene rings is 9. The van der Waals surface area contributed by atoms with E-state index in [1.165, 1.54) is 55.6 Å². The van der Waals surface area contributed by atoms with E-state index in [2.05, 4.69) is 164 Å². The van der Waals surface area contributed by atoms with Crippen LogP contribution in [0.4, 0.5) is 0 Å². The summed E-state index contributed by atoms with van der Waals surface area (Å²) in [6, 6.07) is 76.0. The molecule has 0 atom stereocenters. The summed E-state index contributed by atoms with van der Waals surface area (Å²) in [5.74, 6) is 1.80. The fraction of sp³-hybridized carbons (Fsp3) is 0.0169. The molecule has 2 heterocycles. The molecule has 5 heteroatoms. The highest BCUT2D eigenvalue weighted by Gasteiger charge is 2.52. The van der Waals surface area contributed by atoms with Gasteiger partial charge in [-0.15, -0.1) is 11.3 Å². The predicted octanol–water partition coefficient (Wildman–Crippen LogP) is 14.8. The maximum absolute atomic E-state index is 9.66. The molecule has 0 bridgehead atoms. The number of hydrogen-bond donors (Lipinski definition) is 0. The van der Waals surface area contributed by atoms with E-state index in [-0.39, 0.29) is 0 Å². The number of hydrogen-bond acceptors (Lipinski definition) is 5. The first kappa shape index (κ1) is 36.4. The molecule has 296 valence electrons. The molecule has 11 aromatic rings. The summed E-state index contributed by atoms with van der Waals surface area (Å²) in [6.07, 6.45) is 0. The van der Waals surface area contributed by atoms with Gasteiger partial charge in [-0.1, -0.05) is 158 Å². The van der Waals surface area contributed by atoms with Gasteiger partial charge in [0.2, 0.25) is 0 Å². The molecule has 4 nitrogen and oxygen atoms in total. The lowest BCUT2D eigenvalue weighted by atomic mass is 9.68. The van der Waals surface area contributed by atoms with E-state index >= 15 is 0 Å². The molecular weight excluding hydrogens is 797 g/mol. The highest BCUT2D eigenvalue weighted by atomic mass is 32.1. The Labute approximate surface area is 374 Å². The van der Waals surface area contributed by atoms with Crippen LogP contribution in [0.25, 0.3) is 98.8 Å². The number of rotatable bonds is 5. The lowest BCUT2D eigenvalue weighted by Crippen LogP contribution is -2.26. The van der Waals surface area contributed by atoms with Crippen LogP contribution in [0.3, 0.4) is 0 Å². The third kappa shape index (κ3) is 5.37. The Morgan fingerprint density at radius 2 is 0.812 bits per heavy atom. The number of nitriles is 1. The van der Waals surface area contributed by atoms with Gasteiger partial charge in [-0.25, -0.2) is 15.0 Å². The van der Waals surface area contributed by atoms with Crippen LogP contribution in [0.2, 0.25) is 0 Å². The topological polar surface area (TPSA) is 62.5 Å². The normalized spacial score (nSPS) is 12.8. The molecule has 0 aliphatic heterocycles. The van der Waals surface area contributed by atoms with Crippen molar-refractivity contribution in [3.05, 3.63) is 234 Å². The molecule has 2 aromatic heterocycles. The minimum Gasteiger partial charge on any atom is -0.208 e. The number of aromatic nitrogens is 3. The molecule has 13 rings (SSSR count). The van der Waals surface area contributed by atoms with Crippen LogP contribution >= 0.6 is 11.3 Å². The van der Waals surface area contributed by atoms with Gasteiger partial charge in [0.15, 0.2) is 17.5 Å². The maximum atomic E-state index is 9.66. The zero-order valence-corrected chi connectivity index (χ0v) is 35.1. The fourth-order valence-corrected chi connectivity index (χ4v) is 11.5. The van der Waals surface area contributed by atoms with E-state index < -0.39 is 5.41 Å². The van der Waals surface area contributed by atoms with E-state index in [9.17, 15) is 5.26 Å². The Bertz CT molecular complexity index is 3700. The second kappa shape index (κ2) is 14.1. The Morgan fingerprint density at radius 3 is 1.47 bits per heavy atom. The van der Waals surface area contributed by atoms with Crippen molar-refractivity contribution >= 4 is 31.5 Å². The lowest BCUT2D eigenvalue weighted by molar-refractivity contribution is 0.796. The van der Waals surface area contributed by atoms with Gasteiger partial charge in [-0.2, -0.15) is 5.26 Å². The van der Waals surface area contributed by atoms with Gasteiger partial charge in [0.1, 0.15) is 0 Å². The molecule has 0 saturated carbocycles. The molecule has 2 aliphatic carbocycles. The van der Waals surface area contributed by atoms with Crippen LogP contribution < -0.4 is 0 Å². The van der Waals surface area contributed by atoms with Crippen LogP contribution in [-0.2, 0) is 5.41 Å². The molecule has 9 aromatic carbocycles. The van der Waals surface area contributed by atoms with Crippen LogP contribution in [0, 0.1) is 11.3 Å². The Balaban J connectivity index is 0.947. The molecular formula is C59H34N4S. The van der Waals surface area contributed by atoms with Gasteiger partial charge < -0.3 is 0 Å². The largest absolute Gasteiger partial charge is 0.208 e. The maximum Gasteiger partial charge on any atom is 0.164 e. The minimum atomic E-state index is -0.445. The molecule has 0 amide bonds. The summed E-state index contributed by atoms with van der Waals surface area (Å²) in [6.45, 7) is 0. The molecule has 0 unspecified atom stereocenters. The molecule has 0 fully saturated rings. The zero-order chi connectivity index (χ0) is 42.4. The van der Waals surface area contributed by atoms with E-state index in [0.717, 1.165) is 48.0 Å². The van der Waals surface area contributed by atoms with Crippen molar-refractivity contribution in [1.29, 1.82) is 5.26 Å². The quantitative estimate of drug-likeness (QED) is 0.173. The first-order chi connectivity index (χ1) is 31.7. The van der Waals surface area contributed by atoms with Crippen molar-refractivity contribution in [3.63, 3.8) is 0 Å². The van der Waals surface area contributed by atoms with Crippen LogP contribution in [-0.4, -0.2) is 15.0 Å². The first-order valence-electron chi connectivity index (χ1n) is 21.5. The van der Waals surface area contributed by atoms with E-state index in [1.54, 1.807) is 11.3 Å². The fourth-order valence-electron chi connectivity index (χ4n) is 10.4. The van der Waals surface area contributed by atoms with Crippen molar-refractivity contribution in [3.8, 4) is 84.7 Å². The summed E-state index contributed by atoms with van der Waals surface area (Å²) in [4.78, 5) is 15.3. The SMILES string of the molecule is N#Cc1ccc2sc3ccc(-c4nc(-c5ccccc5)nc(-c5cccc(-c6cccc(-c7cccc8c7C7(c9ccccc9-c9ccccc97)c7ccccc7-8)c6)c5)n4)cc3c2c1. The van der Waals surface area contributed by atoms with Crippen LogP contribution in [0.1, 0.15) is 27.8 Å². The summed E-state index contributed by atoms with van der Waals surface area (Å²) < 4.78 is 2.29. The Morgan fingerprint density at radius 1 is 0.359 bits per heavy atom. The lowest BCUT2D eigenvalue weighted by Gasteiger charge is -2.32. The summed E-state index contributed by atoms with van der Waals surface area (Å²) in [5, 5.41) is 11.8. The number of fused-ring (bicyclic) bond motifs is 13. The molecule has 1 spiro atoms. The molecule has 64 heavy (non-hydrogen) atoms. The van der Waals surface area contributed by atoms with Gasteiger partial charge in [-0.05, 0) is 115 Å². The average Bonchev–Trinajstić information content (AvgIpc) is 4.00. The van der Waals surface area contributed by atoms with Crippen molar-refractivity contribution in [2.24, 2.45) is 0 Å². The summed E-state index contributed by atoms with van der Waals surface area (Å²) in [5.41, 5.74) is 18.0. The standard InChI is InChI=1S/C59H34N4S/c60-35-36-27-29-53-48(31-36)49-34-42(28-30-54(49)64-53)58-62-56(37-13-2-1-3-14-37)61-57(63-58)41-18-11-16-39(33-41)38-15-10-17-40(32-38)43-22-12-23-47-46-21-6-9-26-52(46)59(55(43)47)50-24-7-4-19-44(50)45-20-5-8-25-51(45)59/h1-34H. The minimum absolute atomic E-state index is 0.445. The van der Waals surface area contributed by atoms with Gasteiger partial charge in [0, 0.05) is 36.9 Å². The smallest absolute Gasteiger partial charge is 0.164 e. The average molecular weight is 831 g/mol. The number of thiophene rings is 1. The Hall–Kier alpha value is -8.30. The van der Waals surface area contributed by atoms with Crippen molar-refractivity contribution in [2.75, 3.05) is 0 Å². The van der Waals surface area contributed by atoms with Gasteiger partial charge in [0.05, 0.1) is 17.0 Å². The van der Waals surface area contributed by atoms with Gasteiger partial charge >= 0.3 is 0 Å². The van der Waals surface area contributed by atoms with Crippen molar-refractivity contribution in [2.45, 2.75) is 5.41 Å². The second-order valence-electron chi connectivity index (χ2n) is 16.6. The molecule has 2 aliphatic rings. The second-order valence-corrected chi connectivity index (χ2v) is 17.7. The van der Waals surface area contributed by atoms with E-state index in [0.29, 0.717) is 23.0 Å².